The summed E-state index contributed by atoms with van der Waals surface area (Å²) in [5.41, 5.74) is 2.79. The Morgan fingerprint density at radius 2 is 1.69 bits per heavy atom. The van der Waals surface area contributed by atoms with E-state index in [0.717, 1.165) is 25.2 Å². The van der Waals surface area contributed by atoms with Crippen LogP contribution in [-0.4, -0.2) is 52.9 Å². The van der Waals surface area contributed by atoms with E-state index >= 15 is 0 Å². The zero-order valence-corrected chi connectivity index (χ0v) is 17.0. The Balaban J connectivity index is 1.46. The van der Waals surface area contributed by atoms with Crippen LogP contribution in [0.15, 0.2) is 48.5 Å². The number of nitrogens with one attached hydrogen (secondary N) is 1. The Hall–Kier alpha value is -2.58. The number of carbonyl (C=O) groups is 1. The fourth-order valence-corrected chi connectivity index (χ4v) is 5.30. The van der Waals surface area contributed by atoms with Crippen LogP contribution in [0.25, 0.3) is 0 Å². The summed E-state index contributed by atoms with van der Waals surface area (Å²) < 4.78 is 31.5. The van der Waals surface area contributed by atoms with Crippen molar-refractivity contribution in [1.82, 2.24) is 0 Å². The molecule has 2 saturated heterocycles. The third-order valence-electron chi connectivity index (χ3n) is 5.25. The highest BCUT2D eigenvalue weighted by atomic mass is 32.2. The van der Waals surface area contributed by atoms with Crippen molar-refractivity contribution in [2.24, 2.45) is 0 Å². The lowest BCUT2D eigenvalue weighted by Crippen LogP contribution is -2.37. The summed E-state index contributed by atoms with van der Waals surface area (Å²) in [6.45, 7) is 3.59. The summed E-state index contributed by atoms with van der Waals surface area (Å²) >= 11 is 0. The number of benzene rings is 2. The Morgan fingerprint density at radius 1 is 0.931 bits per heavy atom. The van der Waals surface area contributed by atoms with Crippen molar-refractivity contribution in [3.63, 3.8) is 0 Å². The average molecular weight is 416 g/mol. The average Bonchev–Trinajstić information content (AvgIpc) is 2.74. The molecule has 0 atom stereocenters. The molecule has 7 nitrogen and oxygen atoms in total. The van der Waals surface area contributed by atoms with E-state index in [1.54, 1.807) is 36.4 Å². The molecule has 29 heavy (non-hydrogen) atoms. The molecule has 0 aromatic heterocycles. The minimum Gasteiger partial charge on any atom is -0.378 e. The van der Waals surface area contributed by atoms with Crippen molar-refractivity contribution in [1.29, 1.82) is 0 Å². The van der Waals surface area contributed by atoms with Gasteiger partial charge in [-0.1, -0.05) is 6.07 Å². The zero-order chi connectivity index (χ0) is 20.3. The fraction of sp³-hybridized carbons (Fsp3) is 0.381. The number of hydrogen-bond donors (Lipinski definition) is 1. The van der Waals surface area contributed by atoms with Crippen molar-refractivity contribution in [3.8, 4) is 0 Å². The number of ether oxygens (including phenoxy) is 1. The topological polar surface area (TPSA) is 79.0 Å². The first kappa shape index (κ1) is 19.7. The first-order valence-corrected chi connectivity index (χ1v) is 11.5. The fourth-order valence-electron chi connectivity index (χ4n) is 3.67. The van der Waals surface area contributed by atoms with Crippen LogP contribution < -0.4 is 14.5 Å². The molecule has 0 radical (unpaired) electrons. The van der Waals surface area contributed by atoms with Crippen LogP contribution in [0.1, 0.15) is 23.2 Å². The predicted molar refractivity (Wildman–Crippen MR) is 114 cm³/mol. The van der Waals surface area contributed by atoms with Gasteiger partial charge in [0.25, 0.3) is 5.91 Å². The smallest absolute Gasteiger partial charge is 0.255 e. The van der Waals surface area contributed by atoms with Crippen molar-refractivity contribution in [2.45, 2.75) is 12.8 Å². The molecule has 2 aromatic carbocycles. The van der Waals surface area contributed by atoms with Gasteiger partial charge in [-0.2, -0.15) is 0 Å². The van der Waals surface area contributed by atoms with Crippen molar-refractivity contribution >= 4 is 33.0 Å². The van der Waals surface area contributed by atoms with Crippen LogP contribution >= 0.6 is 0 Å². The van der Waals surface area contributed by atoms with Crippen LogP contribution in [0.2, 0.25) is 0 Å². The second kappa shape index (κ2) is 8.42. The lowest BCUT2D eigenvalue weighted by Gasteiger charge is -2.29. The molecule has 0 bridgehead atoms. The molecular weight excluding hydrogens is 390 g/mol. The van der Waals surface area contributed by atoms with Gasteiger partial charge in [0.15, 0.2) is 0 Å². The molecule has 2 heterocycles. The number of rotatable bonds is 4. The molecule has 154 valence electrons. The van der Waals surface area contributed by atoms with E-state index in [1.165, 1.54) is 4.31 Å². The molecule has 1 amide bonds. The number of amides is 1. The van der Waals surface area contributed by atoms with E-state index < -0.39 is 10.0 Å². The second-order valence-electron chi connectivity index (χ2n) is 7.25. The molecule has 0 aliphatic carbocycles. The number of carbonyl (C=O) groups excluding carboxylic acids is 1. The maximum absolute atomic E-state index is 12.6. The third-order valence-corrected chi connectivity index (χ3v) is 7.12. The van der Waals surface area contributed by atoms with Gasteiger partial charge in [0.1, 0.15) is 0 Å². The Morgan fingerprint density at radius 3 is 2.41 bits per heavy atom. The van der Waals surface area contributed by atoms with E-state index in [2.05, 4.69) is 10.2 Å². The molecule has 0 unspecified atom stereocenters. The van der Waals surface area contributed by atoms with Crippen molar-refractivity contribution in [3.05, 3.63) is 54.1 Å². The van der Waals surface area contributed by atoms with Crippen molar-refractivity contribution in [2.75, 3.05) is 53.1 Å². The van der Waals surface area contributed by atoms with Gasteiger partial charge in [-0.15, -0.1) is 0 Å². The van der Waals surface area contributed by atoms with E-state index in [-0.39, 0.29) is 11.7 Å². The number of hydrogen-bond acceptors (Lipinski definition) is 5. The van der Waals surface area contributed by atoms with Gasteiger partial charge in [-0.25, -0.2) is 8.42 Å². The van der Waals surface area contributed by atoms with Crippen LogP contribution in [0.5, 0.6) is 0 Å². The normalized spacial score (nSPS) is 19.0. The van der Waals surface area contributed by atoms with Gasteiger partial charge in [0.2, 0.25) is 10.0 Å². The van der Waals surface area contributed by atoms with Crippen LogP contribution in [0.4, 0.5) is 17.1 Å². The molecule has 2 aromatic rings. The summed E-state index contributed by atoms with van der Waals surface area (Å²) in [7, 11) is -3.28. The van der Waals surface area contributed by atoms with Gasteiger partial charge >= 0.3 is 0 Å². The summed E-state index contributed by atoms with van der Waals surface area (Å²) in [6.07, 6.45) is 1.53. The third kappa shape index (κ3) is 4.54. The molecule has 1 N–H and O–H groups in total. The first-order valence-electron chi connectivity index (χ1n) is 9.87. The maximum Gasteiger partial charge on any atom is 0.255 e. The summed E-state index contributed by atoms with van der Waals surface area (Å²) in [5.74, 6) is -0.0591. The van der Waals surface area contributed by atoms with E-state index in [4.69, 9.17) is 4.74 Å². The van der Waals surface area contributed by atoms with Gasteiger partial charge in [0.05, 0.1) is 24.7 Å². The molecular formula is C21H25N3O4S. The molecule has 0 saturated carbocycles. The molecule has 0 spiro atoms. The molecule has 8 heteroatoms. The van der Waals surface area contributed by atoms with Gasteiger partial charge in [-0.3, -0.25) is 9.10 Å². The van der Waals surface area contributed by atoms with Gasteiger partial charge < -0.3 is 15.0 Å². The minimum atomic E-state index is -3.28. The van der Waals surface area contributed by atoms with Crippen LogP contribution in [-0.2, 0) is 14.8 Å². The zero-order valence-electron chi connectivity index (χ0n) is 16.2. The highest BCUT2D eigenvalue weighted by Crippen LogP contribution is 2.26. The van der Waals surface area contributed by atoms with E-state index in [0.29, 0.717) is 43.1 Å². The minimum absolute atomic E-state index is 0.166. The Bertz CT molecular complexity index is 970. The Kier molecular flexibility index (Phi) is 5.73. The summed E-state index contributed by atoms with van der Waals surface area (Å²) in [4.78, 5) is 14.9. The van der Waals surface area contributed by atoms with Crippen molar-refractivity contribution < 1.29 is 17.9 Å². The molecule has 4 rings (SSSR count). The molecule has 2 aliphatic heterocycles. The van der Waals surface area contributed by atoms with Gasteiger partial charge in [0, 0.05) is 36.6 Å². The highest BCUT2D eigenvalue weighted by molar-refractivity contribution is 7.92. The highest BCUT2D eigenvalue weighted by Gasteiger charge is 2.26. The first-order chi connectivity index (χ1) is 14.0. The lowest BCUT2D eigenvalue weighted by atomic mass is 10.1. The number of nitrogens with zero attached hydrogens (tertiary/aromatic N) is 2. The number of sulfonamides is 1. The quantitative estimate of drug-likeness (QED) is 0.831. The number of morpholine rings is 1. The van der Waals surface area contributed by atoms with Crippen LogP contribution in [0, 0.1) is 0 Å². The summed E-state index contributed by atoms with van der Waals surface area (Å²) in [5, 5.41) is 2.87. The van der Waals surface area contributed by atoms with Crippen LogP contribution in [0.3, 0.4) is 0 Å². The van der Waals surface area contributed by atoms with E-state index in [1.807, 2.05) is 12.1 Å². The SMILES string of the molecule is O=C(Nc1cccc(N2CCCCS2(=O)=O)c1)c1ccc(N2CCOCC2)cc1. The maximum atomic E-state index is 12.6. The monoisotopic (exact) mass is 415 g/mol. The second-order valence-corrected chi connectivity index (χ2v) is 9.26. The lowest BCUT2D eigenvalue weighted by molar-refractivity contribution is 0.102. The van der Waals surface area contributed by atoms with E-state index in [9.17, 15) is 13.2 Å². The molecule has 2 aliphatic rings. The Labute approximate surface area is 171 Å². The molecule has 2 fully saturated rings. The van der Waals surface area contributed by atoms with Gasteiger partial charge in [-0.05, 0) is 55.3 Å². The predicted octanol–water partition coefficient (Wildman–Crippen LogP) is 2.71. The largest absolute Gasteiger partial charge is 0.378 e. The number of anilines is 3. The standard InChI is InChI=1S/C21H25N3O4S/c25-21(17-6-8-19(9-7-17)23-11-13-28-14-12-23)22-18-4-3-5-20(16-18)24-10-1-2-15-29(24,26)27/h3-9,16H,1-2,10-15H2,(H,22,25). The summed E-state index contributed by atoms with van der Waals surface area (Å²) in [6, 6.07) is 14.5.